The zero-order valence-corrected chi connectivity index (χ0v) is 26.6. The Morgan fingerprint density at radius 1 is 1.02 bits per heavy atom. The van der Waals surface area contributed by atoms with Gasteiger partial charge in [-0.1, -0.05) is 36.8 Å². The van der Waals surface area contributed by atoms with Crippen LogP contribution in [0.25, 0.3) is 11.1 Å². The maximum absolute atomic E-state index is 6.41. The Kier molecular flexibility index (Phi) is 9.90. The van der Waals surface area contributed by atoms with E-state index in [9.17, 15) is 0 Å². The van der Waals surface area contributed by atoms with Gasteiger partial charge in [-0.2, -0.15) is 0 Å². The fourth-order valence-corrected chi connectivity index (χ4v) is 7.34. The highest BCUT2D eigenvalue weighted by atomic mass is 16.5. The van der Waals surface area contributed by atoms with Gasteiger partial charge in [0.05, 0.1) is 13.7 Å². The molecule has 3 heterocycles. The van der Waals surface area contributed by atoms with Crippen molar-refractivity contribution in [2.24, 2.45) is 5.92 Å². The van der Waals surface area contributed by atoms with Crippen molar-refractivity contribution in [3.05, 3.63) is 82.4 Å². The third kappa shape index (κ3) is 7.21. The number of rotatable bonds is 9. The van der Waals surface area contributed by atoms with Crippen LogP contribution in [0.3, 0.4) is 0 Å². The highest BCUT2D eigenvalue weighted by molar-refractivity contribution is 5.93. The van der Waals surface area contributed by atoms with Gasteiger partial charge in [-0.15, -0.1) is 0 Å². The molecular weight excluding hydrogens is 532 g/mol. The Morgan fingerprint density at radius 2 is 1.86 bits per heavy atom. The number of ether oxygens (including phenoxy) is 2. The lowest BCUT2D eigenvalue weighted by atomic mass is 9.79. The first-order valence-electron chi connectivity index (χ1n) is 16.7. The molecule has 43 heavy (non-hydrogen) atoms. The molecular formula is C38H50N2O3. The summed E-state index contributed by atoms with van der Waals surface area (Å²) in [6.45, 7) is 10.9. The van der Waals surface area contributed by atoms with E-state index < -0.39 is 0 Å². The summed E-state index contributed by atoms with van der Waals surface area (Å²) in [7, 11) is 1.77. The summed E-state index contributed by atoms with van der Waals surface area (Å²) in [5, 5.41) is 3.52. The van der Waals surface area contributed by atoms with Crippen molar-refractivity contribution in [1.82, 2.24) is 10.2 Å². The second-order valence-corrected chi connectivity index (χ2v) is 12.9. The summed E-state index contributed by atoms with van der Waals surface area (Å²) in [5.74, 6) is 4.71. The molecule has 2 aliphatic heterocycles. The topological polar surface area (TPSA) is 46.9 Å². The van der Waals surface area contributed by atoms with E-state index in [1.54, 1.807) is 7.11 Å². The van der Waals surface area contributed by atoms with Crippen molar-refractivity contribution in [2.45, 2.75) is 77.6 Å². The molecule has 6 rings (SSSR count). The first-order chi connectivity index (χ1) is 21.1. The van der Waals surface area contributed by atoms with Crippen molar-refractivity contribution >= 4 is 11.1 Å². The monoisotopic (exact) mass is 582 g/mol. The number of nitrogens with zero attached hydrogens (tertiary/aromatic N) is 1. The van der Waals surface area contributed by atoms with Crippen LogP contribution < -0.4 is 14.8 Å². The van der Waals surface area contributed by atoms with Crippen LogP contribution in [0.15, 0.2) is 64.1 Å². The maximum atomic E-state index is 6.41. The van der Waals surface area contributed by atoms with Crippen molar-refractivity contribution in [1.29, 1.82) is 0 Å². The minimum absolute atomic E-state index is 0.341. The highest BCUT2D eigenvalue weighted by Gasteiger charge is 2.26. The average molecular weight is 583 g/mol. The second kappa shape index (κ2) is 14.2. The van der Waals surface area contributed by atoms with Gasteiger partial charge in [0.1, 0.15) is 11.5 Å². The number of furan rings is 1. The van der Waals surface area contributed by atoms with Gasteiger partial charge in [0.2, 0.25) is 0 Å². The van der Waals surface area contributed by atoms with E-state index in [0.29, 0.717) is 12.5 Å². The van der Waals surface area contributed by atoms with Crippen LogP contribution in [-0.4, -0.2) is 51.3 Å². The van der Waals surface area contributed by atoms with E-state index in [2.05, 4.69) is 65.7 Å². The number of benzene rings is 1. The number of hydrogen-bond acceptors (Lipinski definition) is 5. The minimum atomic E-state index is 0.341. The van der Waals surface area contributed by atoms with Crippen LogP contribution in [0.4, 0.5) is 0 Å². The standard InChI is InChI=1S/C38H50N2O3/c1-27-10-13-33(36-15-11-28(2)43-36)32-14-12-29(24-30-16-18-39-19-17-30)8-6-9-31(32)35-26-37(41-3)38(25-34(27)35)42-23-7-22-40-20-4-5-21-40/h8,11-15,25-27,30,39H,4-7,9-10,16-24H2,1-3H3/b14-12-,29-8-,32-31-,33-13-. The smallest absolute Gasteiger partial charge is 0.161 e. The van der Waals surface area contributed by atoms with E-state index in [1.807, 2.05) is 6.92 Å². The van der Waals surface area contributed by atoms with Gasteiger partial charge in [0.15, 0.2) is 11.5 Å². The summed E-state index contributed by atoms with van der Waals surface area (Å²) in [6.07, 6.45) is 20.0. The van der Waals surface area contributed by atoms with Crippen LogP contribution in [-0.2, 0) is 0 Å². The van der Waals surface area contributed by atoms with E-state index >= 15 is 0 Å². The number of hydrogen-bond donors (Lipinski definition) is 1. The van der Waals surface area contributed by atoms with Crippen molar-refractivity contribution < 1.29 is 13.9 Å². The van der Waals surface area contributed by atoms with E-state index in [0.717, 1.165) is 74.3 Å². The number of methoxy groups -OCH3 is 1. The Balaban J connectivity index is 1.34. The summed E-state index contributed by atoms with van der Waals surface area (Å²) in [4.78, 5) is 2.55. The number of likely N-dealkylation sites (tertiary alicyclic amines) is 1. The van der Waals surface area contributed by atoms with Crippen molar-refractivity contribution in [3.63, 3.8) is 0 Å². The quantitative estimate of drug-likeness (QED) is 0.301. The number of nitrogens with one attached hydrogen (secondary N) is 1. The molecule has 0 radical (unpaired) electrons. The third-order valence-electron chi connectivity index (χ3n) is 9.81. The normalized spacial score (nSPS) is 26.5. The Hall–Kier alpha value is -3.02. The molecule has 5 heteroatoms. The molecule has 0 saturated carbocycles. The van der Waals surface area contributed by atoms with Gasteiger partial charge in [0.25, 0.3) is 0 Å². The Bertz CT molecular complexity index is 1380. The first kappa shape index (κ1) is 30.0. The molecule has 0 spiro atoms. The third-order valence-corrected chi connectivity index (χ3v) is 9.81. The summed E-state index contributed by atoms with van der Waals surface area (Å²) >= 11 is 0. The molecule has 1 N–H and O–H groups in total. The predicted octanol–water partition coefficient (Wildman–Crippen LogP) is 8.47. The molecule has 1 unspecified atom stereocenters. The molecule has 0 bridgehead atoms. The molecule has 1 aromatic carbocycles. The number of allylic oxidation sites excluding steroid dienone is 8. The van der Waals surface area contributed by atoms with Crippen molar-refractivity contribution in [2.75, 3.05) is 46.4 Å². The van der Waals surface area contributed by atoms with Crippen LogP contribution >= 0.6 is 0 Å². The predicted molar refractivity (Wildman–Crippen MR) is 177 cm³/mol. The van der Waals surface area contributed by atoms with Gasteiger partial charge in [-0.05, 0) is 149 Å². The zero-order valence-electron chi connectivity index (χ0n) is 26.6. The first-order valence-corrected chi connectivity index (χ1v) is 16.7. The number of piperidine rings is 1. The fourth-order valence-electron chi connectivity index (χ4n) is 7.34. The van der Waals surface area contributed by atoms with Crippen LogP contribution in [0.5, 0.6) is 11.5 Å². The molecule has 1 atom stereocenters. The van der Waals surface area contributed by atoms with E-state index in [-0.39, 0.29) is 0 Å². The summed E-state index contributed by atoms with van der Waals surface area (Å²) < 4.78 is 18.6. The molecule has 4 aliphatic rings. The molecule has 2 aromatic rings. The van der Waals surface area contributed by atoms with Gasteiger partial charge in [0, 0.05) is 12.1 Å². The number of fused-ring (bicyclic) bond motifs is 2. The van der Waals surface area contributed by atoms with Crippen LogP contribution in [0, 0.1) is 12.8 Å². The number of aryl methyl sites for hydroxylation is 1. The highest BCUT2D eigenvalue weighted by Crippen LogP contribution is 2.45. The lowest BCUT2D eigenvalue weighted by molar-refractivity contribution is 0.254. The van der Waals surface area contributed by atoms with Gasteiger partial charge < -0.3 is 24.1 Å². The average Bonchev–Trinajstić information content (AvgIpc) is 3.69. The van der Waals surface area contributed by atoms with E-state index in [4.69, 9.17) is 13.9 Å². The molecule has 2 aliphatic carbocycles. The van der Waals surface area contributed by atoms with Crippen LogP contribution in [0.2, 0.25) is 0 Å². The summed E-state index contributed by atoms with van der Waals surface area (Å²) in [5.41, 5.74) is 7.97. The lowest BCUT2D eigenvalue weighted by Crippen LogP contribution is -2.27. The van der Waals surface area contributed by atoms with Crippen molar-refractivity contribution in [3.8, 4) is 11.5 Å². The summed E-state index contributed by atoms with van der Waals surface area (Å²) in [6, 6.07) is 8.74. The molecule has 2 fully saturated rings. The SMILES string of the molecule is COc1cc2c(cc1OCCCN1CCCC1)C(C)C/C=C(c1ccc(C)o1)/C1=C\2CC/C=C(CC2CCNCC2)/C=C\1. The Morgan fingerprint density at radius 3 is 2.63 bits per heavy atom. The molecule has 2 saturated heterocycles. The zero-order chi connectivity index (χ0) is 29.6. The largest absolute Gasteiger partial charge is 0.493 e. The maximum Gasteiger partial charge on any atom is 0.161 e. The fraction of sp³-hybridized carbons (Fsp3) is 0.526. The van der Waals surface area contributed by atoms with Crippen LogP contribution in [0.1, 0.15) is 93.3 Å². The molecule has 0 amide bonds. The van der Waals surface area contributed by atoms with Gasteiger partial charge in [-0.25, -0.2) is 0 Å². The molecule has 5 nitrogen and oxygen atoms in total. The van der Waals surface area contributed by atoms with E-state index in [1.165, 1.54) is 78.6 Å². The Labute approximate surface area is 258 Å². The van der Waals surface area contributed by atoms with Gasteiger partial charge in [-0.3, -0.25) is 0 Å². The second-order valence-electron chi connectivity index (χ2n) is 12.9. The minimum Gasteiger partial charge on any atom is -0.493 e. The molecule has 230 valence electrons. The van der Waals surface area contributed by atoms with Gasteiger partial charge >= 0.3 is 0 Å². The molecule has 1 aromatic heterocycles. The lowest BCUT2D eigenvalue weighted by Gasteiger charge is -2.27.